The van der Waals surface area contributed by atoms with Gasteiger partial charge in [-0.3, -0.25) is 0 Å². The number of rotatable bonds is 4. The Balaban J connectivity index is 1.43. The summed E-state index contributed by atoms with van der Waals surface area (Å²) in [5.41, 5.74) is 8.74. The number of benzene rings is 12. The second kappa shape index (κ2) is 11.7. The van der Waals surface area contributed by atoms with Crippen LogP contribution in [0.15, 0.2) is 182 Å². The van der Waals surface area contributed by atoms with Crippen molar-refractivity contribution in [2.75, 3.05) is 0 Å². The summed E-state index contributed by atoms with van der Waals surface area (Å²) in [6, 6.07) is 64.1. The summed E-state index contributed by atoms with van der Waals surface area (Å²) < 4.78 is 0. The maximum atomic E-state index is 12.1. The number of phenols is 4. The van der Waals surface area contributed by atoms with Gasteiger partial charge in [-0.25, -0.2) is 0 Å². The quantitative estimate of drug-likeness (QED) is 0.143. The van der Waals surface area contributed by atoms with E-state index in [-0.39, 0.29) is 11.5 Å². The first-order valence-electron chi connectivity index (χ1n) is 18.4. The van der Waals surface area contributed by atoms with E-state index in [0.717, 1.165) is 98.4 Å². The Morgan fingerprint density at radius 1 is 0.241 bits per heavy atom. The second-order valence-corrected chi connectivity index (χ2v) is 14.2. The van der Waals surface area contributed by atoms with E-state index in [2.05, 4.69) is 170 Å². The van der Waals surface area contributed by atoms with Gasteiger partial charge in [0.05, 0.1) is 0 Å². The first-order valence-corrected chi connectivity index (χ1v) is 18.4. The molecule has 2 nitrogen and oxygen atoms in total. The van der Waals surface area contributed by atoms with Crippen LogP contribution >= 0.6 is 0 Å². The van der Waals surface area contributed by atoms with Crippen molar-refractivity contribution in [2.45, 2.75) is 0 Å². The topological polar surface area (TPSA) is 40.5 Å². The maximum absolute atomic E-state index is 12.1. The van der Waals surface area contributed by atoms with Crippen LogP contribution in [0.1, 0.15) is 0 Å². The van der Waals surface area contributed by atoms with E-state index in [9.17, 15) is 10.2 Å². The van der Waals surface area contributed by atoms with Gasteiger partial charge in [-0.1, -0.05) is 182 Å². The van der Waals surface area contributed by atoms with Crippen LogP contribution in [0.4, 0.5) is 0 Å². The van der Waals surface area contributed by atoms with Gasteiger partial charge in [0, 0.05) is 21.5 Å². The predicted octanol–water partition coefficient (Wildman–Crippen LogP) is 14.1. The summed E-state index contributed by atoms with van der Waals surface area (Å²) in [7, 11) is 0. The van der Waals surface area contributed by atoms with E-state index in [1.807, 2.05) is 12.1 Å². The fourth-order valence-electron chi connectivity index (χ4n) is 9.21. The summed E-state index contributed by atoms with van der Waals surface area (Å²) in [5, 5.41) is 36.0. The Labute approximate surface area is 311 Å². The average molecular weight is 689 g/mol. The van der Waals surface area contributed by atoms with Crippen LogP contribution in [0.3, 0.4) is 0 Å². The number of aromatic hydroxyl groups is 2. The molecule has 0 aromatic heterocycles. The standard InChI is InChI=1S/C52H32O2/c53-51-47-39-25-13-14-26-40(39)48(52(51)54)50-46(42-30-28-32-16-8-10-22-36(32)44(42)34-19-5-2-6-20-34)38-24-12-11-23-37(38)45(49(47)50)41-29-27-31-15-7-9-21-35(31)43(41)33-17-3-1-4-18-33/h1-30,53-54H. The van der Waals surface area contributed by atoms with Crippen molar-refractivity contribution in [3.8, 4) is 56.0 Å². The zero-order valence-electron chi connectivity index (χ0n) is 29.2. The molecule has 0 saturated carbocycles. The van der Waals surface area contributed by atoms with Gasteiger partial charge in [-0.05, 0) is 87.6 Å². The third-order valence-electron chi connectivity index (χ3n) is 11.4. The Bertz CT molecular complexity index is 3050. The Hall–Kier alpha value is -7.16. The van der Waals surface area contributed by atoms with Crippen LogP contribution in [0.25, 0.3) is 109 Å². The fraction of sp³-hybridized carbons (Fsp3) is 0. The zero-order valence-corrected chi connectivity index (χ0v) is 29.2. The first-order chi connectivity index (χ1) is 26.7. The smallest absolute Gasteiger partial charge is 0.166 e. The summed E-state index contributed by atoms with van der Waals surface area (Å²) in [6.45, 7) is 0. The molecule has 54 heavy (non-hydrogen) atoms. The van der Waals surface area contributed by atoms with Crippen LogP contribution in [0.2, 0.25) is 0 Å². The molecular weight excluding hydrogens is 657 g/mol. The minimum atomic E-state index is -0.0810. The van der Waals surface area contributed by atoms with Gasteiger partial charge in [-0.2, -0.15) is 0 Å². The summed E-state index contributed by atoms with van der Waals surface area (Å²) in [5.74, 6) is -0.162. The molecule has 2 bridgehead atoms. The zero-order chi connectivity index (χ0) is 35.9. The van der Waals surface area contributed by atoms with Gasteiger partial charge in [0.2, 0.25) is 0 Å². The molecule has 0 amide bonds. The lowest BCUT2D eigenvalue weighted by Crippen LogP contribution is -1.98. The molecule has 0 aliphatic carbocycles. The lowest BCUT2D eigenvalue weighted by atomic mass is 9.77. The van der Waals surface area contributed by atoms with Gasteiger partial charge >= 0.3 is 0 Å². The summed E-state index contributed by atoms with van der Waals surface area (Å²) in [6.07, 6.45) is 0. The molecule has 0 atom stereocenters. The Kier molecular flexibility index (Phi) is 6.59. The van der Waals surface area contributed by atoms with E-state index < -0.39 is 0 Å². The van der Waals surface area contributed by atoms with Crippen molar-refractivity contribution in [1.82, 2.24) is 0 Å². The molecule has 0 aliphatic heterocycles. The van der Waals surface area contributed by atoms with Crippen LogP contribution in [0, 0.1) is 0 Å². The van der Waals surface area contributed by atoms with Crippen molar-refractivity contribution in [3.05, 3.63) is 182 Å². The third-order valence-corrected chi connectivity index (χ3v) is 11.4. The monoisotopic (exact) mass is 688 g/mol. The molecule has 2 N–H and O–H groups in total. The number of fused-ring (bicyclic) bond motifs is 4. The third kappa shape index (κ3) is 4.22. The van der Waals surface area contributed by atoms with Gasteiger partial charge in [0.25, 0.3) is 0 Å². The highest BCUT2D eigenvalue weighted by atomic mass is 16.3. The van der Waals surface area contributed by atoms with Gasteiger partial charge < -0.3 is 10.2 Å². The molecule has 12 rings (SSSR count). The molecule has 252 valence electrons. The molecule has 0 aliphatic rings. The van der Waals surface area contributed by atoms with Crippen LogP contribution in [-0.2, 0) is 0 Å². The largest absolute Gasteiger partial charge is 0.504 e. The molecule has 2 heteroatoms. The minimum Gasteiger partial charge on any atom is -0.504 e. The molecule has 0 heterocycles. The van der Waals surface area contributed by atoms with Crippen molar-refractivity contribution in [1.29, 1.82) is 0 Å². The molecule has 0 saturated heterocycles. The van der Waals surface area contributed by atoms with Gasteiger partial charge in [-0.15, -0.1) is 0 Å². The van der Waals surface area contributed by atoms with E-state index in [4.69, 9.17) is 0 Å². The number of phenolic OH excluding ortho intramolecular Hbond substituents is 2. The highest BCUT2D eigenvalue weighted by molar-refractivity contribution is 6.41. The number of hydrogen-bond donors (Lipinski definition) is 2. The van der Waals surface area contributed by atoms with Gasteiger partial charge in [0.15, 0.2) is 11.5 Å². The molecule has 12 aromatic rings. The maximum Gasteiger partial charge on any atom is 0.166 e. The molecule has 0 unspecified atom stereocenters. The van der Waals surface area contributed by atoms with E-state index in [0.29, 0.717) is 10.8 Å². The lowest BCUT2D eigenvalue weighted by Gasteiger charge is -2.26. The fourth-order valence-corrected chi connectivity index (χ4v) is 9.21. The highest BCUT2D eigenvalue weighted by Crippen LogP contribution is 2.59. The molecule has 0 fully saturated rings. The average Bonchev–Trinajstić information content (AvgIpc) is 3.24. The molecule has 0 spiro atoms. The number of hydrogen-bond acceptors (Lipinski definition) is 2. The first kappa shape index (κ1) is 30.5. The SMILES string of the molecule is Oc1c(O)c2c3ccccc3c1c1c(-c3ccc4ccccc4c3-c3ccccc3)c3ccccc3c(-c3ccc4ccccc4c3-c3ccccc3)c21. The van der Waals surface area contributed by atoms with E-state index >= 15 is 0 Å². The van der Waals surface area contributed by atoms with E-state index in [1.54, 1.807) is 0 Å². The molecule has 12 aromatic carbocycles. The normalized spacial score (nSPS) is 11.9. The Morgan fingerprint density at radius 3 is 0.981 bits per heavy atom. The van der Waals surface area contributed by atoms with E-state index in [1.165, 1.54) is 0 Å². The van der Waals surface area contributed by atoms with Crippen LogP contribution < -0.4 is 0 Å². The van der Waals surface area contributed by atoms with Crippen LogP contribution in [-0.4, -0.2) is 10.2 Å². The minimum absolute atomic E-state index is 0.0810. The predicted molar refractivity (Wildman–Crippen MR) is 228 cm³/mol. The van der Waals surface area contributed by atoms with Gasteiger partial charge in [0.1, 0.15) is 0 Å². The Morgan fingerprint density at radius 2 is 0.574 bits per heavy atom. The second-order valence-electron chi connectivity index (χ2n) is 14.2. The van der Waals surface area contributed by atoms with Crippen molar-refractivity contribution < 1.29 is 10.2 Å². The molecule has 0 radical (unpaired) electrons. The lowest BCUT2D eigenvalue weighted by molar-refractivity contribution is 0.412. The van der Waals surface area contributed by atoms with Crippen molar-refractivity contribution >= 4 is 64.6 Å². The van der Waals surface area contributed by atoms with Crippen molar-refractivity contribution in [3.63, 3.8) is 0 Å². The van der Waals surface area contributed by atoms with Crippen LogP contribution in [0.5, 0.6) is 11.5 Å². The highest BCUT2D eigenvalue weighted by Gasteiger charge is 2.30. The molecular formula is C52H32O2. The summed E-state index contributed by atoms with van der Waals surface area (Å²) in [4.78, 5) is 0. The van der Waals surface area contributed by atoms with Crippen molar-refractivity contribution in [2.24, 2.45) is 0 Å². The summed E-state index contributed by atoms with van der Waals surface area (Å²) >= 11 is 0.